The molecule has 3 aromatic rings. The zero-order valence-corrected chi connectivity index (χ0v) is 10.7. The Kier molecular flexibility index (Phi) is 2.62. The average molecular weight is 273 g/mol. The van der Waals surface area contributed by atoms with Crippen molar-refractivity contribution in [2.75, 3.05) is 0 Å². The Hall–Kier alpha value is -2.18. The Morgan fingerprint density at radius 1 is 1.05 bits per heavy atom. The third-order valence-corrected chi connectivity index (χ3v) is 3.90. The van der Waals surface area contributed by atoms with Crippen LogP contribution in [-0.4, -0.2) is 18.4 Å². The Morgan fingerprint density at radius 3 is 2.63 bits per heavy atom. The van der Waals surface area contributed by atoms with Crippen molar-refractivity contribution in [3.8, 4) is 11.1 Å². The molecule has 0 saturated heterocycles. The van der Waals surface area contributed by atoms with Crippen LogP contribution >= 0.6 is 0 Å². The van der Waals surface area contributed by atoms with Crippen LogP contribution in [0.15, 0.2) is 53.7 Å². The van der Waals surface area contributed by atoms with Crippen molar-refractivity contribution in [3.05, 3.63) is 48.8 Å². The summed E-state index contributed by atoms with van der Waals surface area (Å²) >= 11 is 0. The monoisotopic (exact) mass is 273 g/mol. The molecular formula is C13H11N3O2S. The Labute approximate surface area is 110 Å². The van der Waals surface area contributed by atoms with E-state index in [9.17, 15) is 8.42 Å². The number of hydrogen-bond donors (Lipinski definition) is 2. The number of sulfonamides is 1. The summed E-state index contributed by atoms with van der Waals surface area (Å²) in [5, 5.41) is 6.11. The van der Waals surface area contributed by atoms with E-state index in [4.69, 9.17) is 5.14 Å². The topological polar surface area (TPSA) is 88.8 Å². The maximum atomic E-state index is 11.6. The highest BCUT2D eigenvalue weighted by molar-refractivity contribution is 7.89. The van der Waals surface area contributed by atoms with Crippen LogP contribution in [0.5, 0.6) is 0 Å². The molecule has 0 aliphatic heterocycles. The summed E-state index contributed by atoms with van der Waals surface area (Å²) in [6.45, 7) is 0. The highest BCUT2D eigenvalue weighted by atomic mass is 32.2. The second-order valence-electron chi connectivity index (χ2n) is 4.14. The lowest BCUT2D eigenvalue weighted by atomic mass is 10.1. The van der Waals surface area contributed by atoms with Crippen LogP contribution < -0.4 is 5.14 Å². The Morgan fingerprint density at radius 2 is 1.84 bits per heavy atom. The molecule has 0 aliphatic carbocycles. The fourth-order valence-corrected chi connectivity index (χ4v) is 2.87. The predicted molar refractivity (Wildman–Crippen MR) is 72.9 cm³/mol. The van der Waals surface area contributed by atoms with Crippen LogP contribution in [0, 0.1) is 0 Å². The minimum Gasteiger partial charge on any atom is -0.346 e. The molecule has 3 rings (SSSR count). The van der Waals surface area contributed by atoms with Gasteiger partial charge in [-0.15, -0.1) is 0 Å². The number of H-pyrrole nitrogens is 1. The highest BCUT2D eigenvalue weighted by Crippen LogP contribution is 2.31. The Bertz CT molecular complexity index is 853. The van der Waals surface area contributed by atoms with Gasteiger partial charge in [-0.05, 0) is 18.2 Å². The second kappa shape index (κ2) is 4.18. The summed E-state index contributed by atoms with van der Waals surface area (Å²) < 4.78 is 23.3. The van der Waals surface area contributed by atoms with Gasteiger partial charge in [-0.3, -0.25) is 0 Å². The fourth-order valence-electron chi connectivity index (χ4n) is 2.12. The molecule has 0 spiro atoms. The van der Waals surface area contributed by atoms with Gasteiger partial charge in [0.25, 0.3) is 0 Å². The van der Waals surface area contributed by atoms with E-state index in [1.54, 1.807) is 36.7 Å². The molecule has 0 amide bonds. The van der Waals surface area contributed by atoms with Crippen molar-refractivity contribution in [3.63, 3.8) is 0 Å². The van der Waals surface area contributed by atoms with E-state index in [2.05, 4.69) is 9.97 Å². The van der Waals surface area contributed by atoms with Crippen LogP contribution in [-0.2, 0) is 10.0 Å². The minimum absolute atomic E-state index is 0.111. The molecule has 1 aromatic carbocycles. The summed E-state index contributed by atoms with van der Waals surface area (Å²) in [7, 11) is -3.76. The number of fused-ring (bicyclic) bond motifs is 1. The molecule has 0 radical (unpaired) electrons. The van der Waals surface area contributed by atoms with E-state index in [1.165, 1.54) is 6.07 Å². The molecule has 19 heavy (non-hydrogen) atoms. The molecule has 0 aliphatic rings. The van der Waals surface area contributed by atoms with Gasteiger partial charge in [0.05, 0.1) is 4.90 Å². The summed E-state index contributed by atoms with van der Waals surface area (Å²) in [5.41, 5.74) is 2.05. The van der Waals surface area contributed by atoms with Crippen molar-refractivity contribution >= 4 is 21.1 Å². The molecule has 2 aromatic heterocycles. The number of aromatic nitrogens is 2. The maximum absolute atomic E-state index is 11.6. The number of nitrogens with zero attached hydrogens (tertiary/aromatic N) is 1. The largest absolute Gasteiger partial charge is 0.346 e. The van der Waals surface area contributed by atoms with E-state index < -0.39 is 10.0 Å². The van der Waals surface area contributed by atoms with E-state index in [0.29, 0.717) is 11.2 Å². The maximum Gasteiger partial charge on any atom is 0.238 e. The molecule has 2 heterocycles. The van der Waals surface area contributed by atoms with Crippen molar-refractivity contribution in [1.82, 2.24) is 9.97 Å². The lowest BCUT2D eigenvalue weighted by molar-refractivity contribution is 0.598. The summed E-state index contributed by atoms with van der Waals surface area (Å²) in [6, 6.07) is 10.3. The average Bonchev–Trinajstić information content (AvgIpc) is 2.81. The van der Waals surface area contributed by atoms with Crippen molar-refractivity contribution in [2.45, 2.75) is 4.90 Å². The highest BCUT2D eigenvalue weighted by Gasteiger charge is 2.16. The fraction of sp³-hybridized carbons (Fsp3) is 0. The number of primary sulfonamides is 1. The van der Waals surface area contributed by atoms with Crippen LogP contribution in [0.1, 0.15) is 0 Å². The number of hydrogen-bond acceptors (Lipinski definition) is 3. The molecule has 0 saturated carbocycles. The smallest absolute Gasteiger partial charge is 0.238 e. The van der Waals surface area contributed by atoms with Crippen LogP contribution in [0.25, 0.3) is 22.2 Å². The summed E-state index contributed by atoms with van der Waals surface area (Å²) in [5.74, 6) is 0. The van der Waals surface area contributed by atoms with Gasteiger partial charge >= 0.3 is 0 Å². The molecule has 3 N–H and O–H groups in total. The van der Waals surface area contributed by atoms with Gasteiger partial charge in [0.1, 0.15) is 5.65 Å². The second-order valence-corrected chi connectivity index (χ2v) is 5.67. The third kappa shape index (κ3) is 2.00. The van der Waals surface area contributed by atoms with Gasteiger partial charge in [0.2, 0.25) is 10.0 Å². The predicted octanol–water partition coefficient (Wildman–Crippen LogP) is 1.88. The number of benzene rings is 1. The first-order valence-electron chi connectivity index (χ1n) is 5.62. The number of nitrogens with two attached hydrogens (primary N) is 1. The van der Waals surface area contributed by atoms with Gasteiger partial charge in [0, 0.05) is 28.9 Å². The molecule has 6 heteroatoms. The molecular weight excluding hydrogens is 262 g/mol. The van der Waals surface area contributed by atoms with Crippen LogP contribution in [0.3, 0.4) is 0 Å². The van der Waals surface area contributed by atoms with Crippen molar-refractivity contribution in [1.29, 1.82) is 0 Å². The first kappa shape index (κ1) is 11.9. The van der Waals surface area contributed by atoms with Crippen LogP contribution in [0.2, 0.25) is 0 Å². The standard InChI is InChI=1S/C13H11N3O2S/c14-19(17,18)12-6-2-1-4-9(12)11-8-16-13-10(11)5-3-7-15-13/h1-8H,(H,15,16)(H2,14,17,18). The zero-order valence-electron chi connectivity index (χ0n) is 9.87. The van der Waals surface area contributed by atoms with Gasteiger partial charge < -0.3 is 4.98 Å². The van der Waals surface area contributed by atoms with E-state index in [1.807, 2.05) is 6.07 Å². The lowest BCUT2D eigenvalue weighted by Gasteiger charge is -2.06. The normalized spacial score (nSPS) is 11.8. The van der Waals surface area contributed by atoms with Gasteiger partial charge in [-0.25, -0.2) is 18.5 Å². The quantitative estimate of drug-likeness (QED) is 0.747. The van der Waals surface area contributed by atoms with E-state index in [-0.39, 0.29) is 4.90 Å². The van der Waals surface area contributed by atoms with Crippen molar-refractivity contribution in [2.24, 2.45) is 5.14 Å². The summed E-state index contributed by atoms with van der Waals surface area (Å²) in [6.07, 6.45) is 3.41. The molecule has 0 atom stereocenters. The number of aromatic amines is 1. The molecule has 0 bridgehead atoms. The Balaban J connectivity index is 2.34. The number of nitrogens with one attached hydrogen (secondary N) is 1. The lowest BCUT2D eigenvalue weighted by Crippen LogP contribution is -2.13. The van der Waals surface area contributed by atoms with E-state index in [0.717, 1.165) is 10.9 Å². The summed E-state index contributed by atoms with van der Waals surface area (Å²) in [4.78, 5) is 7.31. The zero-order chi connectivity index (χ0) is 13.5. The minimum atomic E-state index is -3.76. The first-order chi connectivity index (χ1) is 9.07. The third-order valence-electron chi connectivity index (χ3n) is 2.93. The van der Waals surface area contributed by atoms with E-state index >= 15 is 0 Å². The van der Waals surface area contributed by atoms with Gasteiger partial charge in [0.15, 0.2) is 0 Å². The molecule has 0 unspecified atom stereocenters. The number of rotatable bonds is 2. The number of pyridine rings is 1. The van der Waals surface area contributed by atoms with Gasteiger partial charge in [-0.1, -0.05) is 18.2 Å². The van der Waals surface area contributed by atoms with Crippen molar-refractivity contribution < 1.29 is 8.42 Å². The molecule has 96 valence electrons. The van der Waals surface area contributed by atoms with Crippen LogP contribution in [0.4, 0.5) is 0 Å². The van der Waals surface area contributed by atoms with Gasteiger partial charge in [-0.2, -0.15) is 0 Å². The first-order valence-corrected chi connectivity index (χ1v) is 7.16. The molecule has 5 nitrogen and oxygen atoms in total. The SMILES string of the molecule is NS(=O)(=O)c1ccccc1-c1c[nH]c2ncccc12. The molecule has 0 fully saturated rings.